The van der Waals surface area contributed by atoms with Crippen molar-refractivity contribution in [2.45, 2.75) is 38.6 Å². The predicted molar refractivity (Wildman–Crippen MR) is 92.3 cm³/mol. The first kappa shape index (κ1) is 16.8. The fourth-order valence-corrected chi connectivity index (χ4v) is 4.12. The van der Waals surface area contributed by atoms with Gasteiger partial charge in [-0.1, -0.05) is 5.16 Å². The fraction of sp³-hybridized carbons (Fsp3) is 0.556. The Kier molecular flexibility index (Phi) is 4.48. The van der Waals surface area contributed by atoms with Gasteiger partial charge in [-0.05, 0) is 25.7 Å². The summed E-state index contributed by atoms with van der Waals surface area (Å²) < 4.78 is 5.02. The zero-order valence-electron chi connectivity index (χ0n) is 14.9. The number of nitrogens with one attached hydrogen (secondary N) is 1. The molecule has 0 bridgehead atoms. The highest BCUT2D eigenvalue weighted by Gasteiger charge is 2.40. The van der Waals surface area contributed by atoms with E-state index in [9.17, 15) is 9.59 Å². The second-order valence-corrected chi connectivity index (χ2v) is 7.14. The van der Waals surface area contributed by atoms with Crippen LogP contribution in [0.2, 0.25) is 0 Å². The highest BCUT2D eigenvalue weighted by molar-refractivity contribution is 5.92. The van der Waals surface area contributed by atoms with Gasteiger partial charge in [-0.3, -0.25) is 9.59 Å². The number of imidazole rings is 1. The Morgan fingerprint density at radius 3 is 3.04 bits per heavy atom. The Morgan fingerprint density at radius 2 is 2.31 bits per heavy atom. The van der Waals surface area contributed by atoms with Crippen LogP contribution < -0.4 is 0 Å². The highest BCUT2D eigenvalue weighted by atomic mass is 16.5. The molecule has 138 valence electrons. The van der Waals surface area contributed by atoms with E-state index in [1.54, 1.807) is 25.5 Å². The monoisotopic (exact) mass is 357 g/mol. The van der Waals surface area contributed by atoms with Crippen molar-refractivity contribution in [1.82, 2.24) is 24.9 Å². The van der Waals surface area contributed by atoms with E-state index in [2.05, 4.69) is 15.1 Å². The maximum atomic E-state index is 12.6. The highest BCUT2D eigenvalue weighted by Crippen LogP contribution is 2.32. The number of amides is 2. The first-order valence-corrected chi connectivity index (χ1v) is 9.11. The van der Waals surface area contributed by atoms with Gasteiger partial charge in [0.05, 0.1) is 6.33 Å². The third kappa shape index (κ3) is 3.23. The van der Waals surface area contributed by atoms with Crippen molar-refractivity contribution in [1.29, 1.82) is 0 Å². The van der Waals surface area contributed by atoms with E-state index in [4.69, 9.17) is 4.52 Å². The molecule has 2 saturated heterocycles. The lowest BCUT2D eigenvalue weighted by atomic mass is 9.83. The van der Waals surface area contributed by atoms with Crippen LogP contribution in [0.3, 0.4) is 0 Å². The summed E-state index contributed by atoms with van der Waals surface area (Å²) in [6, 6.07) is 1.89. The van der Waals surface area contributed by atoms with Gasteiger partial charge in [-0.25, -0.2) is 4.98 Å². The first-order chi connectivity index (χ1) is 12.6. The van der Waals surface area contributed by atoms with Gasteiger partial charge in [0.25, 0.3) is 5.91 Å². The Morgan fingerprint density at radius 1 is 1.42 bits per heavy atom. The topological polar surface area (TPSA) is 95.3 Å². The molecular formula is C18H23N5O3. The minimum absolute atomic E-state index is 0.0822. The lowest BCUT2D eigenvalue weighted by Gasteiger charge is -2.47. The standard InChI is InChI=1S/C18H23N5O3/c1-12-8-15(21-26-12)18(25)22-6-5-16-13(10-22)2-3-17(24)23(16)7-4-14-9-19-11-20-14/h8-9,11,13,16H,2-7,10H2,1H3,(H,19,20)/t13-,16+/m0/s1. The van der Waals surface area contributed by atoms with Crippen molar-refractivity contribution in [2.24, 2.45) is 5.92 Å². The first-order valence-electron chi connectivity index (χ1n) is 9.11. The third-order valence-corrected chi connectivity index (χ3v) is 5.45. The lowest BCUT2D eigenvalue weighted by Crippen LogP contribution is -2.57. The number of rotatable bonds is 4. The molecule has 2 aromatic heterocycles. The molecule has 4 rings (SSSR count). The van der Waals surface area contributed by atoms with Crippen LogP contribution in [0.5, 0.6) is 0 Å². The molecule has 26 heavy (non-hydrogen) atoms. The van der Waals surface area contributed by atoms with E-state index in [1.165, 1.54) is 0 Å². The largest absolute Gasteiger partial charge is 0.361 e. The van der Waals surface area contributed by atoms with Gasteiger partial charge >= 0.3 is 0 Å². The Bertz CT molecular complexity index is 785. The number of aromatic nitrogens is 3. The minimum atomic E-state index is -0.0822. The molecule has 0 radical (unpaired) electrons. The molecule has 2 atom stereocenters. The maximum Gasteiger partial charge on any atom is 0.276 e. The Labute approximate surface area is 151 Å². The summed E-state index contributed by atoms with van der Waals surface area (Å²) in [7, 11) is 0. The molecule has 0 saturated carbocycles. The Balaban J connectivity index is 1.41. The van der Waals surface area contributed by atoms with Crippen molar-refractivity contribution in [3.63, 3.8) is 0 Å². The zero-order chi connectivity index (χ0) is 18.1. The average Bonchev–Trinajstić information content (AvgIpc) is 3.31. The molecule has 0 aromatic carbocycles. The zero-order valence-corrected chi connectivity index (χ0v) is 14.9. The number of aryl methyl sites for hydroxylation is 1. The van der Waals surface area contributed by atoms with Crippen LogP contribution in [0.25, 0.3) is 0 Å². The van der Waals surface area contributed by atoms with Crippen molar-refractivity contribution >= 4 is 11.8 Å². The van der Waals surface area contributed by atoms with Crippen molar-refractivity contribution in [3.05, 3.63) is 35.7 Å². The maximum absolute atomic E-state index is 12.6. The smallest absolute Gasteiger partial charge is 0.276 e. The summed E-state index contributed by atoms with van der Waals surface area (Å²) in [5.74, 6) is 1.09. The number of aromatic amines is 1. The summed E-state index contributed by atoms with van der Waals surface area (Å²) in [5.41, 5.74) is 1.40. The van der Waals surface area contributed by atoms with Gasteiger partial charge in [-0.15, -0.1) is 0 Å². The van der Waals surface area contributed by atoms with E-state index in [0.717, 1.165) is 25.0 Å². The second-order valence-electron chi connectivity index (χ2n) is 7.14. The molecule has 2 aliphatic heterocycles. The van der Waals surface area contributed by atoms with Gasteiger partial charge in [-0.2, -0.15) is 0 Å². The number of carbonyl (C=O) groups excluding carboxylic acids is 2. The molecule has 1 N–H and O–H groups in total. The van der Waals surface area contributed by atoms with Gasteiger partial charge in [0, 0.05) is 56.5 Å². The summed E-state index contributed by atoms with van der Waals surface area (Å²) >= 11 is 0. The molecule has 2 aromatic rings. The van der Waals surface area contributed by atoms with Gasteiger partial charge in [0.1, 0.15) is 5.76 Å². The molecule has 0 unspecified atom stereocenters. The Hall–Kier alpha value is -2.64. The van der Waals surface area contributed by atoms with Gasteiger partial charge in [0.2, 0.25) is 5.91 Å². The second kappa shape index (κ2) is 6.93. The molecule has 2 fully saturated rings. The van der Waals surface area contributed by atoms with Crippen molar-refractivity contribution < 1.29 is 14.1 Å². The number of fused-ring (bicyclic) bond motifs is 1. The fourth-order valence-electron chi connectivity index (χ4n) is 4.12. The van der Waals surface area contributed by atoms with E-state index >= 15 is 0 Å². The van der Waals surface area contributed by atoms with Gasteiger partial charge in [0.15, 0.2) is 5.69 Å². The molecule has 0 spiro atoms. The molecule has 2 aliphatic rings. The predicted octanol–water partition coefficient (Wildman–Crippen LogP) is 1.40. The SMILES string of the molecule is Cc1cc(C(=O)N2CC[C@@H]3[C@@H](CCC(=O)N3CCc3cnc[nH]3)C2)no1. The van der Waals surface area contributed by atoms with E-state index in [-0.39, 0.29) is 17.9 Å². The number of hydrogen-bond donors (Lipinski definition) is 1. The lowest BCUT2D eigenvalue weighted by molar-refractivity contribution is -0.140. The van der Waals surface area contributed by atoms with Crippen LogP contribution in [-0.4, -0.2) is 62.4 Å². The van der Waals surface area contributed by atoms with Crippen LogP contribution in [0, 0.1) is 12.8 Å². The number of nitrogens with zero attached hydrogens (tertiary/aromatic N) is 4. The molecule has 4 heterocycles. The van der Waals surface area contributed by atoms with Crippen LogP contribution in [0.15, 0.2) is 23.1 Å². The number of hydrogen-bond acceptors (Lipinski definition) is 5. The average molecular weight is 357 g/mol. The molecule has 0 aliphatic carbocycles. The summed E-state index contributed by atoms with van der Waals surface area (Å²) in [6.07, 6.45) is 6.43. The molecule has 8 heteroatoms. The summed E-state index contributed by atoms with van der Waals surface area (Å²) in [4.78, 5) is 36.0. The summed E-state index contributed by atoms with van der Waals surface area (Å²) in [6.45, 7) is 3.78. The van der Waals surface area contributed by atoms with Crippen LogP contribution >= 0.6 is 0 Å². The molecule has 8 nitrogen and oxygen atoms in total. The van der Waals surface area contributed by atoms with E-state index in [0.29, 0.717) is 43.4 Å². The van der Waals surface area contributed by atoms with Crippen LogP contribution in [-0.2, 0) is 11.2 Å². The minimum Gasteiger partial charge on any atom is -0.361 e. The number of carbonyl (C=O) groups is 2. The van der Waals surface area contributed by atoms with Gasteiger partial charge < -0.3 is 19.3 Å². The third-order valence-electron chi connectivity index (χ3n) is 5.45. The van der Waals surface area contributed by atoms with Crippen LogP contribution in [0.1, 0.15) is 41.2 Å². The van der Waals surface area contributed by atoms with Crippen molar-refractivity contribution in [2.75, 3.05) is 19.6 Å². The number of piperidine rings is 2. The van der Waals surface area contributed by atoms with E-state index < -0.39 is 0 Å². The molecule has 2 amide bonds. The van der Waals surface area contributed by atoms with Crippen molar-refractivity contribution in [3.8, 4) is 0 Å². The molecular weight excluding hydrogens is 334 g/mol. The number of H-pyrrole nitrogens is 1. The number of likely N-dealkylation sites (tertiary alicyclic amines) is 2. The quantitative estimate of drug-likeness (QED) is 0.892. The van der Waals surface area contributed by atoms with Crippen LogP contribution in [0.4, 0.5) is 0 Å². The van der Waals surface area contributed by atoms with E-state index in [1.807, 2.05) is 9.80 Å². The normalized spacial score (nSPS) is 23.2. The summed E-state index contributed by atoms with van der Waals surface area (Å²) in [5, 5.41) is 3.84.